The Hall–Kier alpha value is -0.340. The molecule has 1 aromatic heterocycles. The number of thiophene rings is 1. The van der Waals surface area contributed by atoms with E-state index in [2.05, 4.69) is 17.6 Å². The molecule has 2 heteroatoms. The molecule has 1 heterocycles. The van der Waals surface area contributed by atoms with Crippen molar-refractivity contribution in [3.05, 3.63) is 21.4 Å². The fraction of sp³-hybridized carbons (Fsp3) is 0.692. The Kier molecular flexibility index (Phi) is 4.21. The Morgan fingerprint density at radius 3 is 3.00 bits per heavy atom. The van der Waals surface area contributed by atoms with E-state index in [9.17, 15) is 0 Å². The highest BCUT2D eigenvalue weighted by molar-refractivity contribution is 7.10. The molecule has 0 bridgehead atoms. The lowest BCUT2D eigenvalue weighted by Gasteiger charge is -2.05. The Morgan fingerprint density at radius 2 is 2.13 bits per heavy atom. The molecule has 1 nitrogen and oxygen atoms in total. The first kappa shape index (κ1) is 11.2. The molecule has 1 aromatic rings. The molecule has 1 aliphatic rings. The Morgan fingerprint density at radius 1 is 1.27 bits per heavy atom. The van der Waals surface area contributed by atoms with Crippen molar-refractivity contribution in [3.63, 3.8) is 0 Å². The molecule has 0 unspecified atom stereocenters. The third-order valence-electron chi connectivity index (χ3n) is 3.14. The van der Waals surface area contributed by atoms with Crippen molar-refractivity contribution in [1.29, 1.82) is 0 Å². The van der Waals surface area contributed by atoms with Crippen molar-refractivity contribution in [2.24, 2.45) is 0 Å². The van der Waals surface area contributed by atoms with Crippen molar-refractivity contribution < 1.29 is 0 Å². The standard InChI is InChI=1S/C13H21NS/c1-2-8-14-9-11-10-15-13-7-5-3-4-6-12(11)13/h10,14H,2-9H2,1H3. The van der Waals surface area contributed by atoms with E-state index in [4.69, 9.17) is 0 Å². The minimum Gasteiger partial charge on any atom is -0.313 e. The maximum absolute atomic E-state index is 3.51. The zero-order valence-corrected chi connectivity index (χ0v) is 10.5. The third kappa shape index (κ3) is 2.82. The zero-order valence-electron chi connectivity index (χ0n) is 9.64. The lowest BCUT2D eigenvalue weighted by molar-refractivity contribution is 0.668. The summed E-state index contributed by atoms with van der Waals surface area (Å²) in [7, 11) is 0. The van der Waals surface area contributed by atoms with Crippen molar-refractivity contribution >= 4 is 11.3 Å². The van der Waals surface area contributed by atoms with Crippen LogP contribution in [0.2, 0.25) is 0 Å². The molecule has 0 aromatic carbocycles. The molecular formula is C13H21NS. The monoisotopic (exact) mass is 223 g/mol. The van der Waals surface area contributed by atoms with Gasteiger partial charge in [-0.05, 0) is 55.2 Å². The molecule has 0 fully saturated rings. The minimum atomic E-state index is 1.08. The van der Waals surface area contributed by atoms with Gasteiger partial charge < -0.3 is 5.32 Å². The maximum Gasteiger partial charge on any atom is 0.0216 e. The molecule has 0 saturated carbocycles. The van der Waals surface area contributed by atoms with Crippen molar-refractivity contribution in [2.45, 2.75) is 52.0 Å². The first-order valence-electron chi connectivity index (χ1n) is 6.20. The van der Waals surface area contributed by atoms with Crippen molar-refractivity contribution in [1.82, 2.24) is 5.32 Å². The van der Waals surface area contributed by atoms with Gasteiger partial charge in [0.2, 0.25) is 0 Å². The van der Waals surface area contributed by atoms with Crippen molar-refractivity contribution in [3.8, 4) is 0 Å². The summed E-state index contributed by atoms with van der Waals surface area (Å²) < 4.78 is 0. The molecule has 2 rings (SSSR count). The molecule has 84 valence electrons. The summed E-state index contributed by atoms with van der Waals surface area (Å²) in [5.41, 5.74) is 3.26. The number of hydrogen-bond acceptors (Lipinski definition) is 2. The van der Waals surface area contributed by atoms with Gasteiger partial charge in [-0.2, -0.15) is 0 Å². The predicted octanol–water partition coefficient (Wildman–Crippen LogP) is 3.52. The van der Waals surface area contributed by atoms with Crippen LogP contribution in [-0.2, 0) is 19.4 Å². The van der Waals surface area contributed by atoms with Crippen LogP contribution >= 0.6 is 11.3 Å². The van der Waals surface area contributed by atoms with Gasteiger partial charge in [0.25, 0.3) is 0 Å². The molecule has 1 N–H and O–H groups in total. The molecule has 0 aliphatic heterocycles. The normalized spacial score (nSPS) is 16.1. The molecule has 15 heavy (non-hydrogen) atoms. The van der Waals surface area contributed by atoms with E-state index in [0.717, 1.165) is 13.1 Å². The van der Waals surface area contributed by atoms with Gasteiger partial charge >= 0.3 is 0 Å². The molecule has 0 saturated heterocycles. The lowest BCUT2D eigenvalue weighted by Crippen LogP contribution is -2.14. The summed E-state index contributed by atoms with van der Waals surface area (Å²) in [4.78, 5) is 1.67. The molecule has 0 atom stereocenters. The number of rotatable bonds is 4. The summed E-state index contributed by atoms with van der Waals surface area (Å²) in [6.07, 6.45) is 8.09. The highest BCUT2D eigenvalue weighted by atomic mass is 32.1. The van der Waals surface area contributed by atoms with E-state index < -0.39 is 0 Å². The summed E-state index contributed by atoms with van der Waals surface area (Å²) in [5, 5.41) is 5.89. The third-order valence-corrected chi connectivity index (χ3v) is 4.28. The predicted molar refractivity (Wildman–Crippen MR) is 67.6 cm³/mol. The number of fused-ring (bicyclic) bond motifs is 1. The first-order valence-corrected chi connectivity index (χ1v) is 7.08. The molecule has 1 aliphatic carbocycles. The summed E-state index contributed by atoms with van der Waals surface area (Å²) in [6, 6.07) is 0. The van der Waals surface area contributed by atoms with E-state index in [0.29, 0.717) is 0 Å². The van der Waals surface area contributed by atoms with E-state index in [1.54, 1.807) is 16.0 Å². The molecule has 0 spiro atoms. The van der Waals surface area contributed by atoms with Gasteiger partial charge in [0, 0.05) is 11.4 Å². The zero-order chi connectivity index (χ0) is 10.5. The summed E-state index contributed by atoms with van der Waals surface area (Å²) in [5.74, 6) is 0. The lowest BCUT2D eigenvalue weighted by atomic mass is 10.1. The van der Waals surface area contributed by atoms with Crippen molar-refractivity contribution in [2.75, 3.05) is 6.54 Å². The fourth-order valence-corrected chi connectivity index (χ4v) is 3.43. The SMILES string of the molecule is CCCNCc1csc2c1CCCCC2. The number of nitrogens with one attached hydrogen (secondary N) is 1. The van der Waals surface area contributed by atoms with E-state index in [-0.39, 0.29) is 0 Å². The van der Waals surface area contributed by atoms with Gasteiger partial charge in [-0.25, -0.2) is 0 Å². The quantitative estimate of drug-likeness (QED) is 0.608. The molecule has 0 amide bonds. The Balaban J connectivity index is 2.01. The van der Waals surface area contributed by atoms with E-state index in [1.807, 2.05) is 11.3 Å². The average Bonchev–Trinajstić information content (AvgIpc) is 2.50. The van der Waals surface area contributed by atoms with Crippen LogP contribution in [0.1, 0.15) is 48.6 Å². The smallest absolute Gasteiger partial charge is 0.0216 e. The Bertz CT molecular complexity index is 303. The fourth-order valence-electron chi connectivity index (χ4n) is 2.29. The van der Waals surface area contributed by atoms with Crippen LogP contribution in [0.25, 0.3) is 0 Å². The highest BCUT2D eigenvalue weighted by Crippen LogP contribution is 2.29. The van der Waals surface area contributed by atoms with Gasteiger partial charge in [0.05, 0.1) is 0 Å². The van der Waals surface area contributed by atoms with Crippen LogP contribution in [-0.4, -0.2) is 6.54 Å². The van der Waals surface area contributed by atoms with Gasteiger partial charge in [-0.3, -0.25) is 0 Å². The van der Waals surface area contributed by atoms with Crippen LogP contribution in [0.4, 0.5) is 0 Å². The van der Waals surface area contributed by atoms with Gasteiger partial charge in [-0.15, -0.1) is 11.3 Å². The van der Waals surface area contributed by atoms with E-state index >= 15 is 0 Å². The minimum absolute atomic E-state index is 1.08. The molecular weight excluding hydrogens is 202 g/mol. The Labute approximate surface area is 96.9 Å². The number of hydrogen-bond donors (Lipinski definition) is 1. The van der Waals surface area contributed by atoms with Gasteiger partial charge in [-0.1, -0.05) is 13.3 Å². The van der Waals surface area contributed by atoms with Gasteiger partial charge in [0.1, 0.15) is 0 Å². The van der Waals surface area contributed by atoms with Crippen LogP contribution in [0, 0.1) is 0 Å². The first-order chi connectivity index (χ1) is 7.42. The average molecular weight is 223 g/mol. The summed E-state index contributed by atoms with van der Waals surface area (Å²) in [6.45, 7) is 4.45. The van der Waals surface area contributed by atoms with Crippen LogP contribution in [0.15, 0.2) is 5.38 Å². The highest BCUT2D eigenvalue weighted by Gasteiger charge is 2.13. The van der Waals surface area contributed by atoms with Crippen LogP contribution < -0.4 is 5.32 Å². The van der Waals surface area contributed by atoms with Gasteiger partial charge in [0.15, 0.2) is 0 Å². The molecule has 0 radical (unpaired) electrons. The summed E-state index contributed by atoms with van der Waals surface area (Å²) >= 11 is 1.98. The van der Waals surface area contributed by atoms with Crippen LogP contribution in [0.5, 0.6) is 0 Å². The number of aryl methyl sites for hydroxylation is 1. The van der Waals surface area contributed by atoms with Crippen LogP contribution in [0.3, 0.4) is 0 Å². The largest absolute Gasteiger partial charge is 0.313 e. The second kappa shape index (κ2) is 5.66. The van der Waals surface area contributed by atoms with E-state index in [1.165, 1.54) is 38.5 Å². The topological polar surface area (TPSA) is 12.0 Å². The second-order valence-electron chi connectivity index (χ2n) is 4.40. The maximum atomic E-state index is 3.51. The second-order valence-corrected chi connectivity index (χ2v) is 5.36.